The molecule has 13 heteroatoms. The molecule has 2 amide bonds. The van der Waals surface area contributed by atoms with Gasteiger partial charge < -0.3 is 15.2 Å². The first-order chi connectivity index (χ1) is 18.3. The number of carbonyl (C=O) groups excluding carboxylic acids is 2. The summed E-state index contributed by atoms with van der Waals surface area (Å²) in [6.07, 6.45) is 2.40. The summed E-state index contributed by atoms with van der Waals surface area (Å²) in [5.41, 5.74) is 1.11. The summed E-state index contributed by atoms with van der Waals surface area (Å²) in [6.45, 7) is 2.98. The van der Waals surface area contributed by atoms with Crippen LogP contribution in [0.3, 0.4) is 0 Å². The van der Waals surface area contributed by atoms with Crippen LogP contribution in [0.2, 0.25) is 5.02 Å². The van der Waals surface area contributed by atoms with Gasteiger partial charge in [-0.2, -0.15) is 0 Å². The van der Waals surface area contributed by atoms with Crippen molar-refractivity contribution < 1.29 is 18.0 Å². The number of benzene rings is 2. The van der Waals surface area contributed by atoms with Crippen molar-refractivity contribution in [1.29, 1.82) is 0 Å². The lowest BCUT2D eigenvalue weighted by molar-refractivity contribution is -0.114. The number of rotatable bonds is 7. The Kier molecular flexibility index (Phi) is 7.70. The first-order valence-electron chi connectivity index (χ1n) is 11.7. The highest BCUT2D eigenvalue weighted by Gasteiger charge is 2.22. The minimum atomic E-state index is -3.51. The van der Waals surface area contributed by atoms with Gasteiger partial charge in [-0.05, 0) is 36.6 Å². The molecule has 1 unspecified atom stereocenters. The highest BCUT2D eigenvalue weighted by molar-refractivity contribution is 7.92. The van der Waals surface area contributed by atoms with Crippen LogP contribution in [0.4, 0.5) is 11.5 Å². The fourth-order valence-electron chi connectivity index (χ4n) is 4.08. The Bertz CT molecular complexity index is 1790. The third kappa shape index (κ3) is 6.24. The molecule has 0 aliphatic carbocycles. The first-order valence-corrected chi connectivity index (χ1v) is 13.9. The highest BCUT2D eigenvalue weighted by atomic mass is 35.5. The van der Waals surface area contributed by atoms with Crippen molar-refractivity contribution >= 4 is 55.7 Å². The number of hydrogen-bond donors (Lipinski definition) is 3. The Balaban J connectivity index is 1.71. The van der Waals surface area contributed by atoms with Gasteiger partial charge in [-0.25, -0.2) is 18.4 Å². The smallest absolute Gasteiger partial charge is 0.274 e. The van der Waals surface area contributed by atoms with Crippen LogP contribution in [0.15, 0.2) is 59.5 Å². The van der Waals surface area contributed by atoms with Crippen LogP contribution in [0.25, 0.3) is 22.0 Å². The summed E-state index contributed by atoms with van der Waals surface area (Å²) in [5, 5.41) is 6.66. The number of hydrogen-bond acceptors (Lipinski definition) is 7. The maximum atomic E-state index is 13.4. The highest BCUT2D eigenvalue weighted by Crippen LogP contribution is 2.25. The van der Waals surface area contributed by atoms with Crippen LogP contribution in [-0.2, 0) is 21.9 Å². The lowest BCUT2D eigenvalue weighted by atomic mass is 10.1. The Labute approximate surface area is 229 Å². The van der Waals surface area contributed by atoms with Gasteiger partial charge in [0.1, 0.15) is 0 Å². The predicted octanol–water partition coefficient (Wildman–Crippen LogP) is 3.47. The second kappa shape index (κ2) is 10.8. The van der Waals surface area contributed by atoms with Gasteiger partial charge in [-0.3, -0.25) is 19.1 Å². The minimum Gasteiger partial charge on any atom is -0.343 e. The predicted molar refractivity (Wildman–Crippen MR) is 150 cm³/mol. The van der Waals surface area contributed by atoms with Gasteiger partial charge >= 0.3 is 0 Å². The van der Waals surface area contributed by atoms with Crippen LogP contribution < -0.4 is 20.9 Å². The van der Waals surface area contributed by atoms with E-state index in [0.717, 1.165) is 6.26 Å². The Morgan fingerprint density at radius 1 is 1.10 bits per heavy atom. The summed E-state index contributed by atoms with van der Waals surface area (Å²) in [6, 6.07) is 12.7. The number of nitrogens with zero attached hydrogens (tertiary/aromatic N) is 3. The second-order valence-corrected chi connectivity index (χ2v) is 11.1. The van der Waals surface area contributed by atoms with Crippen LogP contribution in [-0.4, -0.2) is 41.0 Å². The van der Waals surface area contributed by atoms with E-state index < -0.39 is 27.9 Å². The summed E-state index contributed by atoms with van der Waals surface area (Å²) < 4.78 is 27.1. The van der Waals surface area contributed by atoms with E-state index in [1.54, 1.807) is 62.5 Å². The third-order valence-corrected chi connectivity index (χ3v) is 6.71. The van der Waals surface area contributed by atoms with Crippen molar-refractivity contribution in [2.45, 2.75) is 19.9 Å². The average molecular weight is 569 g/mol. The van der Waals surface area contributed by atoms with Gasteiger partial charge in [0.05, 0.1) is 34.6 Å². The molecule has 0 aliphatic rings. The van der Waals surface area contributed by atoms with Crippen LogP contribution >= 0.6 is 11.6 Å². The topological polar surface area (TPSA) is 152 Å². The van der Waals surface area contributed by atoms with Crippen molar-refractivity contribution in [3.63, 3.8) is 0 Å². The van der Waals surface area contributed by atoms with E-state index in [0.29, 0.717) is 32.7 Å². The number of anilines is 2. The van der Waals surface area contributed by atoms with Crippen molar-refractivity contribution in [1.82, 2.24) is 19.9 Å². The maximum Gasteiger partial charge on any atom is 0.274 e. The van der Waals surface area contributed by atoms with E-state index in [-0.39, 0.29) is 22.8 Å². The Morgan fingerprint density at radius 2 is 1.82 bits per heavy atom. The van der Waals surface area contributed by atoms with Crippen molar-refractivity contribution in [2.24, 2.45) is 7.05 Å². The number of sulfonamides is 1. The van der Waals surface area contributed by atoms with E-state index in [4.69, 9.17) is 11.6 Å². The van der Waals surface area contributed by atoms with Gasteiger partial charge in [0, 0.05) is 30.9 Å². The van der Waals surface area contributed by atoms with E-state index >= 15 is 0 Å². The van der Waals surface area contributed by atoms with E-state index in [1.165, 1.54) is 17.7 Å². The zero-order valence-electron chi connectivity index (χ0n) is 21.4. The molecule has 0 saturated heterocycles. The maximum absolute atomic E-state index is 13.4. The van der Waals surface area contributed by atoms with Crippen molar-refractivity contribution in [3.05, 3.63) is 81.5 Å². The number of nitrogens with one attached hydrogen (secondary N) is 3. The quantitative estimate of drug-likeness (QED) is 0.308. The van der Waals surface area contributed by atoms with Gasteiger partial charge in [0.2, 0.25) is 15.9 Å². The monoisotopic (exact) mass is 568 g/mol. The molecule has 0 bridgehead atoms. The molecule has 2 heterocycles. The van der Waals surface area contributed by atoms with E-state index in [9.17, 15) is 22.8 Å². The minimum absolute atomic E-state index is 0.0550. The van der Waals surface area contributed by atoms with Crippen LogP contribution in [0, 0.1) is 0 Å². The molecule has 4 aromatic rings. The molecular formula is C26H25ClN6O5S. The molecule has 1 atom stereocenters. The van der Waals surface area contributed by atoms with E-state index in [1.807, 2.05) is 0 Å². The second-order valence-electron chi connectivity index (χ2n) is 8.92. The van der Waals surface area contributed by atoms with Gasteiger partial charge in [-0.15, -0.1) is 0 Å². The SMILES string of the molecule is CC(=O)Nc1ncc(-c2cccc(NS(C)(=O)=O)c2)nc1C(=O)NC(C)c1cc2cccc(Cl)c2c(=O)n1C. The molecule has 0 spiro atoms. The number of amides is 2. The molecule has 0 aliphatic heterocycles. The molecule has 0 radical (unpaired) electrons. The van der Waals surface area contributed by atoms with Crippen LogP contribution in [0.5, 0.6) is 0 Å². The summed E-state index contributed by atoms with van der Waals surface area (Å²) in [5.74, 6) is -1.16. The lowest BCUT2D eigenvalue weighted by Crippen LogP contribution is -2.33. The Hall–Kier alpha value is -4.29. The van der Waals surface area contributed by atoms with Crippen molar-refractivity contribution in [3.8, 4) is 11.3 Å². The molecule has 0 saturated carbocycles. The normalized spacial score (nSPS) is 12.1. The fourth-order valence-corrected chi connectivity index (χ4v) is 4.90. The Morgan fingerprint density at radius 3 is 2.51 bits per heavy atom. The standard InChI is InChI=1S/C26H25ClN6O5S/c1-14(21-12-17-8-6-10-19(27)22(17)26(36)33(21)3)29-25(35)23-24(30-15(2)34)28-13-20(31-23)16-7-5-9-18(11-16)32-39(4,37)38/h5-14,32H,1-4H3,(H,29,35)(H,28,30,34). The van der Waals surface area contributed by atoms with Crippen molar-refractivity contribution in [2.75, 3.05) is 16.3 Å². The lowest BCUT2D eigenvalue weighted by Gasteiger charge is -2.19. The zero-order chi connectivity index (χ0) is 28.5. The first kappa shape index (κ1) is 27.7. The summed E-state index contributed by atoms with van der Waals surface area (Å²) >= 11 is 6.23. The fraction of sp³-hybridized carbons (Fsp3) is 0.192. The summed E-state index contributed by atoms with van der Waals surface area (Å²) in [7, 11) is -1.92. The molecule has 3 N–H and O–H groups in total. The molecule has 0 fully saturated rings. The largest absolute Gasteiger partial charge is 0.343 e. The molecule has 4 rings (SSSR count). The van der Waals surface area contributed by atoms with Gasteiger partial charge in [-0.1, -0.05) is 35.9 Å². The van der Waals surface area contributed by atoms with Gasteiger partial charge in [0.15, 0.2) is 11.5 Å². The zero-order valence-corrected chi connectivity index (χ0v) is 23.0. The molecule has 39 heavy (non-hydrogen) atoms. The van der Waals surface area contributed by atoms with Crippen LogP contribution in [0.1, 0.15) is 36.1 Å². The summed E-state index contributed by atoms with van der Waals surface area (Å²) in [4.78, 5) is 46.8. The molecule has 202 valence electrons. The number of halogens is 1. The number of aromatic nitrogens is 3. The van der Waals surface area contributed by atoms with E-state index in [2.05, 4.69) is 25.3 Å². The number of fused-ring (bicyclic) bond motifs is 1. The number of carbonyl (C=O) groups is 2. The number of pyridine rings is 1. The van der Waals surface area contributed by atoms with Gasteiger partial charge in [0.25, 0.3) is 11.5 Å². The average Bonchev–Trinajstić information content (AvgIpc) is 2.85. The molecule has 2 aromatic heterocycles. The third-order valence-electron chi connectivity index (χ3n) is 5.79. The molecule has 2 aromatic carbocycles. The molecular weight excluding hydrogens is 544 g/mol. The molecule has 11 nitrogen and oxygen atoms in total.